The van der Waals surface area contributed by atoms with Crippen molar-refractivity contribution < 1.29 is 29.3 Å². The van der Waals surface area contributed by atoms with Crippen LogP contribution in [0.5, 0.6) is 0 Å². The highest BCUT2D eigenvalue weighted by atomic mass is 16.7. The van der Waals surface area contributed by atoms with Crippen LogP contribution in [0.2, 0.25) is 0 Å². The van der Waals surface area contributed by atoms with Crippen LogP contribution in [0.4, 0.5) is 5.95 Å². The molecule has 1 amide bonds. The van der Waals surface area contributed by atoms with Crippen molar-refractivity contribution in [3.05, 3.63) is 114 Å². The van der Waals surface area contributed by atoms with Crippen LogP contribution in [0.15, 0.2) is 91.3 Å². The summed E-state index contributed by atoms with van der Waals surface area (Å²) < 4.78 is 13.2. The maximum absolute atomic E-state index is 12.2. The van der Waals surface area contributed by atoms with E-state index in [0.29, 0.717) is 13.0 Å². The van der Waals surface area contributed by atoms with Crippen LogP contribution in [-0.4, -0.2) is 75.8 Å². The number of ether oxygens (including phenoxy) is 2. The maximum Gasteiger partial charge on any atom is 0.303 e. The number of carbonyl (C=O) groups is 2. The molecule has 1 aromatic heterocycles. The first kappa shape index (κ1) is 33.2. The third kappa shape index (κ3) is 8.61. The second kappa shape index (κ2) is 15.9. The normalized spacial score (nSPS) is 19.9. The first-order chi connectivity index (χ1) is 23.4. The van der Waals surface area contributed by atoms with Crippen molar-refractivity contribution in [1.82, 2.24) is 20.2 Å². The average molecular weight is 652 g/mol. The molecule has 3 atom stereocenters. The highest BCUT2D eigenvalue weighted by Crippen LogP contribution is 2.39. The van der Waals surface area contributed by atoms with Crippen molar-refractivity contribution in [1.29, 1.82) is 0 Å². The monoisotopic (exact) mass is 651 g/mol. The summed E-state index contributed by atoms with van der Waals surface area (Å²) in [5.41, 5.74) is 5.71. The van der Waals surface area contributed by atoms with Gasteiger partial charge in [-0.05, 0) is 33.9 Å². The molecule has 3 N–H and O–H groups in total. The Labute approximate surface area is 280 Å². The number of amides is 1. The van der Waals surface area contributed by atoms with Gasteiger partial charge in [0, 0.05) is 70.1 Å². The van der Waals surface area contributed by atoms with Crippen LogP contribution in [0.3, 0.4) is 0 Å². The molecule has 0 bridgehead atoms. The smallest absolute Gasteiger partial charge is 0.303 e. The molecule has 4 aromatic rings. The Hall–Kier alpha value is -4.68. The Morgan fingerprint density at radius 2 is 1.54 bits per heavy atom. The van der Waals surface area contributed by atoms with Crippen molar-refractivity contribution in [3.8, 4) is 11.1 Å². The predicted molar refractivity (Wildman–Crippen MR) is 180 cm³/mol. The summed E-state index contributed by atoms with van der Waals surface area (Å²) in [6, 6.07) is 25.7. The molecule has 0 saturated carbocycles. The van der Waals surface area contributed by atoms with Gasteiger partial charge in [0.05, 0.1) is 25.2 Å². The van der Waals surface area contributed by atoms with Gasteiger partial charge in [0.2, 0.25) is 11.9 Å². The van der Waals surface area contributed by atoms with Gasteiger partial charge in [0.1, 0.15) is 0 Å². The molecule has 250 valence electrons. The molecule has 11 heteroatoms. The predicted octanol–water partition coefficient (Wildman–Crippen LogP) is 4.48. The van der Waals surface area contributed by atoms with Crippen LogP contribution in [0.25, 0.3) is 11.1 Å². The second-order valence-electron chi connectivity index (χ2n) is 12.1. The quantitative estimate of drug-likeness (QED) is 0.201. The van der Waals surface area contributed by atoms with E-state index in [4.69, 9.17) is 14.6 Å². The number of hydrogen-bond acceptors (Lipinski definition) is 9. The van der Waals surface area contributed by atoms with Crippen LogP contribution < -0.4 is 10.2 Å². The molecule has 0 aliphatic carbocycles. The number of carbonyl (C=O) groups excluding carboxylic acids is 1. The van der Waals surface area contributed by atoms with Gasteiger partial charge in [-0.25, -0.2) is 9.97 Å². The van der Waals surface area contributed by atoms with Gasteiger partial charge in [-0.2, -0.15) is 0 Å². The minimum atomic E-state index is -0.994. The van der Waals surface area contributed by atoms with Gasteiger partial charge in [-0.1, -0.05) is 72.8 Å². The largest absolute Gasteiger partial charge is 0.481 e. The van der Waals surface area contributed by atoms with Crippen LogP contribution in [0, 0.1) is 0 Å². The number of anilines is 1. The van der Waals surface area contributed by atoms with Crippen LogP contribution in [-0.2, 0) is 32.2 Å². The number of carboxylic acids is 1. The van der Waals surface area contributed by atoms with Crippen molar-refractivity contribution in [2.24, 2.45) is 0 Å². The standard InChI is InChI=1S/C37H41N5O6/c43-25-26-6-8-28(9-7-26)33-22-31(24-41-18-20-42(21-19-41)37-38-16-3-17-39-37)47-36(48-33)29-12-10-27(11-13-29)32-5-2-1-4-30(32)23-40-34(44)14-15-35(45)46/h1-13,16-17,31,33,36,43H,14-15,18-25H2,(H,40,44)(H,45,46)/t31-,33+,36+/m1/s1. The van der Waals surface area contributed by atoms with Gasteiger partial charge in [-0.15, -0.1) is 0 Å². The van der Waals surface area contributed by atoms with Gasteiger partial charge in [0.25, 0.3) is 0 Å². The lowest BCUT2D eigenvalue weighted by atomic mass is 9.97. The van der Waals surface area contributed by atoms with Crippen molar-refractivity contribution in [3.63, 3.8) is 0 Å². The number of aromatic nitrogens is 2. The number of benzene rings is 3. The zero-order chi connectivity index (χ0) is 33.3. The van der Waals surface area contributed by atoms with E-state index in [1.54, 1.807) is 12.4 Å². The molecule has 3 heterocycles. The molecule has 0 unspecified atom stereocenters. The molecule has 0 radical (unpaired) electrons. The number of nitrogens with zero attached hydrogens (tertiary/aromatic N) is 4. The summed E-state index contributed by atoms with van der Waals surface area (Å²) in [6.45, 7) is 4.53. The van der Waals surface area contributed by atoms with Crippen LogP contribution in [0.1, 0.15) is 53.9 Å². The van der Waals surface area contributed by atoms with E-state index in [0.717, 1.165) is 72.1 Å². The average Bonchev–Trinajstić information content (AvgIpc) is 3.14. The topological polar surface area (TPSA) is 137 Å². The SMILES string of the molecule is O=C(O)CCC(=O)NCc1ccccc1-c1ccc([C@H]2O[C@@H](CN3CCN(c4ncccn4)CC3)C[C@@H](c3ccc(CO)cc3)O2)cc1. The fourth-order valence-electron chi connectivity index (χ4n) is 6.18. The molecule has 2 aliphatic heterocycles. The van der Waals surface area contributed by atoms with E-state index in [-0.39, 0.29) is 37.6 Å². The van der Waals surface area contributed by atoms with Crippen LogP contribution >= 0.6 is 0 Å². The number of rotatable bonds is 12. The zero-order valence-electron chi connectivity index (χ0n) is 26.8. The third-order valence-electron chi connectivity index (χ3n) is 8.84. The summed E-state index contributed by atoms with van der Waals surface area (Å²) >= 11 is 0. The lowest BCUT2D eigenvalue weighted by Crippen LogP contribution is -2.50. The molecular formula is C37H41N5O6. The number of aliphatic carboxylic acids is 1. The number of aliphatic hydroxyl groups excluding tert-OH is 1. The Bertz CT molecular complexity index is 1650. The molecule has 2 fully saturated rings. The van der Waals surface area contributed by atoms with E-state index >= 15 is 0 Å². The Morgan fingerprint density at radius 1 is 0.833 bits per heavy atom. The van der Waals surface area contributed by atoms with E-state index in [1.165, 1.54) is 0 Å². The summed E-state index contributed by atoms with van der Waals surface area (Å²) in [7, 11) is 0. The lowest BCUT2D eigenvalue weighted by molar-refractivity contribution is -0.253. The Morgan fingerprint density at radius 3 is 2.25 bits per heavy atom. The number of carboxylic acid groups (broad SMARTS) is 1. The number of nitrogens with one attached hydrogen (secondary N) is 1. The van der Waals surface area contributed by atoms with Gasteiger partial charge < -0.3 is 29.9 Å². The second-order valence-corrected chi connectivity index (χ2v) is 12.1. The van der Waals surface area contributed by atoms with Crippen molar-refractivity contribution in [2.75, 3.05) is 37.6 Å². The fourth-order valence-corrected chi connectivity index (χ4v) is 6.18. The van der Waals surface area contributed by atoms with Gasteiger partial charge in [-0.3, -0.25) is 14.5 Å². The minimum Gasteiger partial charge on any atom is -0.481 e. The highest BCUT2D eigenvalue weighted by Gasteiger charge is 2.34. The number of piperazine rings is 1. The molecule has 2 saturated heterocycles. The lowest BCUT2D eigenvalue weighted by Gasteiger charge is -2.40. The summed E-state index contributed by atoms with van der Waals surface area (Å²) in [5.74, 6) is -0.528. The highest BCUT2D eigenvalue weighted by molar-refractivity contribution is 5.80. The molecule has 3 aromatic carbocycles. The Balaban J connectivity index is 1.15. The van der Waals surface area contributed by atoms with Crippen molar-refractivity contribution in [2.45, 2.75) is 50.9 Å². The van der Waals surface area contributed by atoms with Gasteiger partial charge >= 0.3 is 5.97 Å². The summed E-state index contributed by atoms with van der Waals surface area (Å²) in [6.07, 6.45) is 3.20. The maximum atomic E-state index is 12.2. The zero-order valence-corrected chi connectivity index (χ0v) is 26.8. The first-order valence-electron chi connectivity index (χ1n) is 16.4. The molecular weight excluding hydrogens is 610 g/mol. The summed E-state index contributed by atoms with van der Waals surface area (Å²) in [5, 5.41) is 21.3. The van der Waals surface area contributed by atoms with E-state index in [2.05, 4.69) is 25.1 Å². The molecule has 6 rings (SSSR count). The molecule has 0 spiro atoms. The van der Waals surface area contributed by atoms with Crippen molar-refractivity contribution >= 4 is 17.8 Å². The third-order valence-corrected chi connectivity index (χ3v) is 8.84. The van der Waals surface area contributed by atoms with E-state index in [9.17, 15) is 14.7 Å². The number of hydrogen-bond donors (Lipinski definition) is 3. The fraction of sp³-hybridized carbons (Fsp3) is 0.351. The Kier molecular flexibility index (Phi) is 11.0. The van der Waals surface area contributed by atoms with E-state index in [1.807, 2.05) is 78.9 Å². The molecule has 48 heavy (non-hydrogen) atoms. The molecule has 2 aliphatic rings. The summed E-state index contributed by atoms with van der Waals surface area (Å²) in [4.78, 5) is 36.4. The number of aliphatic hydroxyl groups is 1. The first-order valence-corrected chi connectivity index (χ1v) is 16.4. The molecule has 11 nitrogen and oxygen atoms in total. The van der Waals surface area contributed by atoms with Gasteiger partial charge in [0.15, 0.2) is 6.29 Å². The van der Waals surface area contributed by atoms with E-state index < -0.39 is 12.3 Å². The minimum absolute atomic E-state index is 0.00721.